The van der Waals surface area contributed by atoms with Crippen molar-refractivity contribution in [1.82, 2.24) is 0 Å². The number of aromatic hydroxyl groups is 1. The topological polar surface area (TPSA) is 83.9 Å². The van der Waals surface area contributed by atoms with Crippen LogP contribution in [0.2, 0.25) is 0 Å². The van der Waals surface area contributed by atoms with E-state index in [1.807, 2.05) is 13.8 Å². The molecule has 25 heavy (non-hydrogen) atoms. The molecule has 0 radical (unpaired) electrons. The highest BCUT2D eigenvalue weighted by atomic mass is 16.5. The first-order valence-electron chi connectivity index (χ1n) is 8.75. The van der Waals surface area contributed by atoms with Crippen LogP contribution in [0.5, 0.6) is 5.75 Å². The minimum Gasteiger partial charge on any atom is -0.508 e. The van der Waals surface area contributed by atoms with E-state index in [0.29, 0.717) is 18.7 Å². The summed E-state index contributed by atoms with van der Waals surface area (Å²) in [7, 11) is 0. The van der Waals surface area contributed by atoms with Gasteiger partial charge in [-0.1, -0.05) is 27.2 Å². The van der Waals surface area contributed by atoms with Crippen molar-refractivity contribution in [2.24, 2.45) is 17.8 Å². The van der Waals surface area contributed by atoms with Crippen LogP contribution < -0.4 is 4.90 Å². The largest absolute Gasteiger partial charge is 0.508 e. The maximum absolute atomic E-state index is 12.9. The van der Waals surface area contributed by atoms with E-state index in [1.165, 1.54) is 24.3 Å². The summed E-state index contributed by atoms with van der Waals surface area (Å²) in [5.74, 6) is -3.03. The highest BCUT2D eigenvalue weighted by Gasteiger charge is 2.51. The molecule has 0 saturated carbocycles. The first-order chi connectivity index (χ1) is 11.9. The van der Waals surface area contributed by atoms with Crippen molar-refractivity contribution in [2.45, 2.75) is 40.0 Å². The van der Waals surface area contributed by atoms with Gasteiger partial charge in [0.2, 0.25) is 11.8 Å². The Labute approximate surface area is 147 Å². The molecule has 1 aromatic rings. The quantitative estimate of drug-likeness (QED) is 0.466. The van der Waals surface area contributed by atoms with Crippen molar-refractivity contribution < 1.29 is 24.2 Å². The minimum atomic E-state index is -0.722. The average molecular weight is 347 g/mol. The lowest BCUT2D eigenvalue weighted by Gasteiger charge is -2.21. The average Bonchev–Trinajstić information content (AvgIpc) is 2.81. The molecular weight excluding hydrogens is 322 g/mol. The molecule has 0 aromatic heterocycles. The number of phenols is 1. The Hall–Kier alpha value is -2.37. The van der Waals surface area contributed by atoms with Gasteiger partial charge in [0.15, 0.2) is 0 Å². The molecule has 1 saturated heterocycles. The number of ether oxygens (including phenoxy) is 1. The lowest BCUT2D eigenvalue weighted by Crippen LogP contribution is -2.35. The van der Waals surface area contributed by atoms with Crippen LogP contribution in [0.15, 0.2) is 24.3 Å². The Kier molecular flexibility index (Phi) is 6.17. The third-order valence-corrected chi connectivity index (χ3v) is 4.68. The Morgan fingerprint density at radius 2 is 1.84 bits per heavy atom. The van der Waals surface area contributed by atoms with Crippen LogP contribution in [0.3, 0.4) is 0 Å². The number of amides is 2. The molecular formula is C19H25NO5. The van der Waals surface area contributed by atoms with Gasteiger partial charge < -0.3 is 9.84 Å². The summed E-state index contributed by atoms with van der Waals surface area (Å²) in [6.07, 6.45) is 2.12. The molecule has 1 aliphatic heterocycles. The molecule has 1 aromatic carbocycles. The van der Waals surface area contributed by atoms with Gasteiger partial charge in [0.05, 0.1) is 24.1 Å². The lowest BCUT2D eigenvalue weighted by molar-refractivity contribution is -0.153. The maximum atomic E-state index is 12.9. The van der Waals surface area contributed by atoms with Gasteiger partial charge in [-0.2, -0.15) is 0 Å². The van der Waals surface area contributed by atoms with Crippen molar-refractivity contribution in [3.8, 4) is 5.75 Å². The number of anilines is 1. The molecule has 1 heterocycles. The number of carbonyl (C=O) groups is 3. The zero-order chi connectivity index (χ0) is 18.6. The fourth-order valence-electron chi connectivity index (χ4n) is 3.20. The fraction of sp³-hybridized carbons (Fsp3) is 0.526. The summed E-state index contributed by atoms with van der Waals surface area (Å²) in [6, 6.07) is 5.87. The van der Waals surface area contributed by atoms with Gasteiger partial charge in [-0.05, 0) is 37.1 Å². The van der Waals surface area contributed by atoms with Gasteiger partial charge in [-0.15, -0.1) is 0 Å². The molecule has 3 unspecified atom stereocenters. The maximum Gasteiger partial charge on any atom is 0.309 e. The monoisotopic (exact) mass is 347 g/mol. The summed E-state index contributed by atoms with van der Waals surface area (Å²) in [5.41, 5.74) is 0.399. The van der Waals surface area contributed by atoms with E-state index < -0.39 is 23.7 Å². The second kappa shape index (κ2) is 8.14. The van der Waals surface area contributed by atoms with Crippen molar-refractivity contribution in [2.75, 3.05) is 11.5 Å². The molecule has 6 heteroatoms. The zero-order valence-electron chi connectivity index (χ0n) is 14.9. The van der Waals surface area contributed by atoms with E-state index in [9.17, 15) is 19.5 Å². The fourth-order valence-corrected chi connectivity index (χ4v) is 3.20. The summed E-state index contributed by atoms with van der Waals surface area (Å²) in [6.45, 7) is 5.82. The van der Waals surface area contributed by atoms with Crippen LogP contribution in [0.25, 0.3) is 0 Å². The predicted octanol–water partition coefficient (Wildman–Crippen LogP) is 2.89. The number of esters is 1. The van der Waals surface area contributed by atoms with Gasteiger partial charge in [-0.25, -0.2) is 0 Å². The number of phenolic OH excluding ortho intramolecular Hbond substituents is 1. The first kappa shape index (κ1) is 19.0. The molecule has 0 spiro atoms. The first-order valence-corrected chi connectivity index (χ1v) is 8.75. The summed E-state index contributed by atoms with van der Waals surface area (Å²) >= 11 is 0. The van der Waals surface area contributed by atoms with E-state index >= 15 is 0 Å². The van der Waals surface area contributed by atoms with Gasteiger partial charge in [-0.3, -0.25) is 19.3 Å². The highest BCUT2D eigenvalue weighted by Crippen LogP contribution is 2.37. The number of rotatable bonds is 7. The van der Waals surface area contributed by atoms with Crippen molar-refractivity contribution >= 4 is 23.5 Å². The SMILES string of the molecule is CCCCOC(=O)C(CC)C1C(=O)N(c2ccc(O)cc2)C(=O)C1C. The minimum absolute atomic E-state index is 0.0541. The molecule has 6 nitrogen and oxygen atoms in total. The Morgan fingerprint density at radius 1 is 1.20 bits per heavy atom. The zero-order valence-corrected chi connectivity index (χ0v) is 14.9. The molecule has 136 valence electrons. The van der Waals surface area contributed by atoms with Crippen LogP contribution in [-0.2, 0) is 19.1 Å². The predicted molar refractivity (Wildman–Crippen MR) is 92.9 cm³/mol. The number of imide groups is 1. The number of hydrogen-bond donors (Lipinski definition) is 1. The third kappa shape index (κ3) is 3.83. The van der Waals surface area contributed by atoms with Crippen molar-refractivity contribution in [3.05, 3.63) is 24.3 Å². The van der Waals surface area contributed by atoms with Crippen LogP contribution in [-0.4, -0.2) is 29.5 Å². The molecule has 2 amide bonds. The number of carbonyl (C=O) groups excluding carboxylic acids is 3. The van der Waals surface area contributed by atoms with Gasteiger partial charge >= 0.3 is 5.97 Å². The normalized spacial score (nSPS) is 21.5. The number of unbranched alkanes of at least 4 members (excludes halogenated alkanes) is 1. The van der Waals surface area contributed by atoms with E-state index in [2.05, 4.69) is 0 Å². The number of hydrogen-bond acceptors (Lipinski definition) is 5. The Balaban J connectivity index is 2.22. The molecule has 0 bridgehead atoms. The molecule has 2 rings (SSSR count). The second-order valence-corrected chi connectivity index (χ2v) is 6.38. The van der Waals surface area contributed by atoms with E-state index in [0.717, 1.165) is 17.7 Å². The standard InChI is InChI=1S/C19H25NO5/c1-4-6-11-25-19(24)15(5-2)16-12(3)17(22)20(18(16)23)13-7-9-14(21)10-8-13/h7-10,12,15-16,21H,4-6,11H2,1-3H3. The Morgan fingerprint density at radius 3 is 2.40 bits per heavy atom. The molecule has 1 fully saturated rings. The van der Waals surface area contributed by atoms with Crippen LogP contribution in [0, 0.1) is 17.8 Å². The van der Waals surface area contributed by atoms with Crippen LogP contribution >= 0.6 is 0 Å². The van der Waals surface area contributed by atoms with E-state index in [4.69, 9.17) is 4.74 Å². The molecule has 0 aliphatic carbocycles. The van der Waals surface area contributed by atoms with E-state index in [1.54, 1.807) is 6.92 Å². The summed E-state index contributed by atoms with van der Waals surface area (Å²) < 4.78 is 5.28. The second-order valence-electron chi connectivity index (χ2n) is 6.38. The van der Waals surface area contributed by atoms with E-state index in [-0.39, 0.29) is 17.6 Å². The molecule has 1 N–H and O–H groups in total. The third-order valence-electron chi connectivity index (χ3n) is 4.68. The van der Waals surface area contributed by atoms with Gasteiger partial charge in [0.1, 0.15) is 5.75 Å². The number of nitrogens with zero attached hydrogens (tertiary/aromatic N) is 1. The Bertz CT molecular complexity index is 640. The van der Waals surface area contributed by atoms with Crippen LogP contribution in [0.1, 0.15) is 40.0 Å². The van der Waals surface area contributed by atoms with Crippen molar-refractivity contribution in [1.29, 1.82) is 0 Å². The number of benzene rings is 1. The molecule has 3 atom stereocenters. The highest BCUT2D eigenvalue weighted by molar-refractivity contribution is 6.22. The smallest absolute Gasteiger partial charge is 0.309 e. The van der Waals surface area contributed by atoms with Crippen LogP contribution in [0.4, 0.5) is 5.69 Å². The van der Waals surface area contributed by atoms with Gasteiger partial charge in [0.25, 0.3) is 0 Å². The van der Waals surface area contributed by atoms with Crippen molar-refractivity contribution in [3.63, 3.8) is 0 Å². The lowest BCUT2D eigenvalue weighted by atomic mass is 9.82. The van der Waals surface area contributed by atoms with Gasteiger partial charge in [0, 0.05) is 5.92 Å². The molecule has 1 aliphatic rings. The summed E-state index contributed by atoms with van der Waals surface area (Å²) in [4.78, 5) is 39.0. The summed E-state index contributed by atoms with van der Waals surface area (Å²) in [5, 5.41) is 9.39.